The molecule has 0 bridgehead atoms. The maximum absolute atomic E-state index is 13.5. The lowest BCUT2D eigenvalue weighted by atomic mass is 10.2. The lowest BCUT2D eigenvalue weighted by Crippen LogP contribution is -2.19. The fourth-order valence-electron chi connectivity index (χ4n) is 1.77. The maximum atomic E-state index is 13.5. The van der Waals surface area contributed by atoms with Crippen molar-refractivity contribution in [2.45, 2.75) is 13.3 Å². The number of anilines is 2. The Morgan fingerprint density at radius 1 is 1.42 bits per heavy atom. The first-order valence-electron chi connectivity index (χ1n) is 5.84. The second kappa shape index (κ2) is 5.62. The number of aryl methyl sites for hydroxylation is 1. The number of benzene rings is 1. The second-order valence-electron chi connectivity index (χ2n) is 4.06. The number of hydrogen-bond donors (Lipinski definition) is 3. The van der Waals surface area contributed by atoms with Crippen molar-refractivity contribution in [3.63, 3.8) is 0 Å². The highest BCUT2D eigenvalue weighted by atomic mass is 19.1. The molecule has 0 amide bonds. The van der Waals surface area contributed by atoms with E-state index in [-0.39, 0.29) is 30.2 Å². The molecule has 2 aromatic rings. The zero-order chi connectivity index (χ0) is 13.8. The third-order valence-electron chi connectivity index (χ3n) is 2.71. The molecule has 0 atom stereocenters. The molecule has 0 fully saturated rings. The summed E-state index contributed by atoms with van der Waals surface area (Å²) in [5, 5.41) is 11.6. The number of nitrogens with zero attached hydrogens (tertiary/aromatic N) is 1. The average Bonchev–Trinajstić information content (AvgIpc) is 2.37. The molecule has 0 aliphatic rings. The first-order valence-corrected chi connectivity index (χ1v) is 5.84. The van der Waals surface area contributed by atoms with E-state index >= 15 is 0 Å². The summed E-state index contributed by atoms with van der Waals surface area (Å²) in [6.07, 6.45) is 0.244. The van der Waals surface area contributed by atoms with Gasteiger partial charge < -0.3 is 10.4 Å². The van der Waals surface area contributed by atoms with Crippen LogP contribution < -0.4 is 10.9 Å². The SMILES string of the molecule is Cc1nc(Nc2ccccc2F)[nH]c(=O)c1CCO. The summed E-state index contributed by atoms with van der Waals surface area (Å²) in [6.45, 7) is 1.55. The number of aliphatic hydroxyl groups excluding tert-OH is 1. The van der Waals surface area contributed by atoms with Gasteiger partial charge in [-0.2, -0.15) is 0 Å². The van der Waals surface area contributed by atoms with Crippen molar-refractivity contribution in [1.29, 1.82) is 0 Å². The normalized spacial score (nSPS) is 10.5. The summed E-state index contributed by atoms with van der Waals surface area (Å²) in [5.74, 6) is -0.253. The number of hydrogen-bond acceptors (Lipinski definition) is 4. The van der Waals surface area contributed by atoms with Gasteiger partial charge in [0.05, 0.1) is 11.4 Å². The topological polar surface area (TPSA) is 78.0 Å². The summed E-state index contributed by atoms with van der Waals surface area (Å²) in [6, 6.07) is 6.11. The molecule has 0 saturated carbocycles. The number of nitrogens with one attached hydrogen (secondary N) is 2. The molecule has 100 valence electrons. The summed E-state index contributed by atoms with van der Waals surface area (Å²) in [5.41, 5.74) is 0.846. The highest BCUT2D eigenvalue weighted by Crippen LogP contribution is 2.16. The van der Waals surface area contributed by atoms with Gasteiger partial charge >= 0.3 is 0 Å². The standard InChI is InChI=1S/C13H14FN3O2/c1-8-9(6-7-18)12(19)17-13(15-8)16-11-5-3-2-4-10(11)14/h2-5,18H,6-7H2,1H3,(H2,15,16,17,19). The van der Waals surface area contributed by atoms with E-state index in [0.29, 0.717) is 11.3 Å². The number of rotatable bonds is 4. The number of aromatic amines is 1. The second-order valence-corrected chi connectivity index (χ2v) is 4.06. The van der Waals surface area contributed by atoms with E-state index in [2.05, 4.69) is 15.3 Å². The Hall–Kier alpha value is -2.21. The van der Waals surface area contributed by atoms with Crippen LogP contribution in [0.5, 0.6) is 0 Å². The molecule has 1 aromatic carbocycles. The van der Waals surface area contributed by atoms with Crippen LogP contribution in [0, 0.1) is 12.7 Å². The van der Waals surface area contributed by atoms with Crippen LogP contribution in [0.15, 0.2) is 29.1 Å². The first-order chi connectivity index (χ1) is 9.11. The van der Waals surface area contributed by atoms with Crippen LogP contribution in [-0.2, 0) is 6.42 Å². The number of H-pyrrole nitrogens is 1. The quantitative estimate of drug-likeness (QED) is 0.781. The molecular formula is C13H14FN3O2. The van der Waals surface area contributed by atoms with E-state index in [1.807, 2.05) is 0 Å². The number of aliphatic hydroxyl groups is 1. The van der Waals surface area contributed by atoms with Gasteiger partial charge in [-0.05, 0) is 19.1 Å². The number of aromatic nitrogens is 2. The highest BCUT2D eigenvalue weighted by molar-refractivity contribution is 5.53. The fraction of sp³-hybridized carbons (Fsp3) is 0.231. The van der Waals surface area contributed by atoms with Gasteiger partial charge in [0.1, 0.15) is 5.82 Å². The molecule has 0 saturated heterocycles. The van der Waals surface area contributed by atoms with E-state index in [0.717, 1.165) is 0 Å². The Balaban J connectivity index is 2.33. The van der Waals surface area contributed by atoms with Gasteiger partial charge in [-0.1, -0.05) is 12.1 Å². The molecule has 1 heterocycles. The predicted molar refractivity (Wildman–Crippen MR) is 70.1 cm³/mol. The van der Waals surface area contributed by atoms with Gasteiger partial charge in [0.15, 0.2) is 0 Å². The summed E-state index contributed by atoms with van der Waals surface area (Å²) < 4.78 is 13.5. The Labute approximate surface area is 109 Å². The van der Waals surface area contributed by atoms with E-state index in [1.54, 1.807) is 25.1 Å². The van der Waals surface area contributed by atoms with Crippen molar-refractivity contribution in [3.8, 4) is 0 Å². The van der Waals surface area contributed by atoms with Crippen LogP contribution >= 0.6 is 0 Å². The molecule has 0 aliphatic heterocycles. The largest absolute Gasteiger partial charge is 0.396 e. The zero-order valence-corrected chi connectivity index (χ0v) is 10.4. The summed E-state index contributed by atoms with van der Waals surface area (Å²) >= 11 is 0. The van der Waals surface area contributed by atoms with Gasteiger partial charge in [-0.3, -0.25) is 9.78 Å². The Bertz CT molecular complexity index is 640. The summed E-state index contributed by atoms with van der Waals surface area (Å²) in [4.78, 5) is 18.5. The molecule has 2 rings (SSSR count). The minimum Gasteiger partial charge on any atom is -0.396 e. The highest BCUT2D eigenvalue weighted by Gasteiger charge is 2.09. The number of para-hydroxylation sites is 1. The molecule has 19 heavy (non-hydrogen) atoms. The van der Waals surface area contributed by atoms with Crippen LogP contribution in [0.4, 0.5) is 16.0 Å². The molecule has 5 nitrogen and oxygen atoms in total. The molecule has 3 N–H and O–H groups in total. The van der Waals surface area contributed by atoms with Gasteiger partial charge in [0.2, 0.25) is 5.95 Å². The molecular weight excluding hydrogens is 249 g/mol. The van der Waals surface area contributed by atoms with Gasteiger partial charge in [0, 0.05) is 18.6 Å². The molecule has 0 spiro atoms. The van der Waals surface area contributed by atoms with Crippen molar-refractivity contribution in [2.75, 3.05) is 11.9 Å². The maximum Gasteiger partial charge on any atom is 0.255 e. The van der Waals surface area contributed by atoms with Crippen LogP contribution in [0.1, 0.15) is 11.3 Å². The van der Waals surface area contributed by atoms with Crippen molar-refractivity contribution in [2.24, 2.45) is 0 Å². The molecule has 0 radical (unpaired) electrons. The molecule has 1 aromatic heterocycles. The van der Waals surface area contributed by atoms with Crippen LogP contribution in [0.2, 0.25) is 0 Å². The van der Waals surface area contributed by atoms with Gasteiger partial charge in [0.25, 0.3) is 5.56 Å². The fourth-order valence-corrected chi connectivity index (χ4v) is 1.77. The minimum absolute atomic E-state index is 0.119. The van der Waals surface area contributed by atoms with E-state index in [4.69, 9.17) is 5.11 Å². The lowest BCUT2D eigenvalue weighted by Gasteiger charge is -2.09. The minimum atomic E-state index is -0.428. The van der Waals surface area contributed by atoms with Crippen molar-refractivity contribution in [1.82, 2.24) is 9.97 Å². The third-order valence-corrected chi connectivity index (χ3v) is 2.71. The zero-order valence-electron chi connectivity index (χ0n) is 10.4. The Kier molecular flexibility index (Phi) is 3.91. The van der Waals surface area contributed by atoms with E-state index in [1.165, 1.54) is 6.07 Å². The van der Waals surface area contributed by atoms with Gasteiger partial charge in [-0.15, -0.1) is 0 Å². The van der Waals surface area contributed by atoms with Crippen LogP contribution in [-0.4, -0.2) is 21.7 Å². The number of halogens is 1. The average molecular weight is 263 g/mol. The van der Waals surface area contributed by atoms with Gasteiger partial charge in [-0.25, -0.2) is 9.37 Å². The molecule has 6 heteroatoms. The van der Waals surface area contributed by atoms with Crippen molar-refractivity contribution >= 4 is 11.6 Å². The van der Waals surface area contributed by atoms with Crippen molar-refractivity contribution in [3.05, 3.63) is 51.7 Å². The van der Waals surface area contributed by atoms with E-state index in [9.17, 15) is 9.18 Å². The molecule has 0 unspecified atom stereocenters. The monoisotopic (exact) mass is 263 g/mol. The molecule has 0 aliphatic carbocycles. The summed E-state index contributed by atoms with van der Waals surface area (Å²) in [7, 11) is 0. The Morgan fingerprint density at radius 3 is 2.79 bits per heavy atom. The predicted octanol–water partition coefficient (Wildman–Crippen LogP) is 1.50. The lowest BCUT2D eigenvalue weighted by molar-refractivity contribution is 0.298. The van der Waals surface area contributed by atoms with Crippen LogP contribution in [0.3, 0.4) is 0 Å². The van der Waals surface area contributed by atoms with E-state index < -0.39 is 5.82 Å². The van der Waals surface area contributed by atoms with Crippen LogP contribution in [0.25, 0.3) is 0 Å². The third kappa shape index (κ3) is 2.97. The Morgan fingerprint density at radius 2 is 2.16 bits per heavy atom. The van der Waals surface area contributed by atoms with Crippen molar-refractivity contribution < 1.29 is 9.50 Å². The first kappa shape index (κ1) is 13.2. The smallest absolute Gasteiger partial charge is 0.255 e.